The lowest BCUT2D eigenvalue weighted by Gasteiger charge is -2.36. The van der Waals surface area contributed by atoms with Crippen LogP contribution in [0.3, 0.4) is 0 Å². The zero-order valence-electron chi connectivity index (χ0n) is 11.2. The molecule has 1 saturated carbocycles. The molecule has 0 aliphatic heterocycles. The molecule has 6 heteroatoms. The maximum atomic E-state index is 10.5. The van der Waals surface area contributed by atoms with Crippen LogP contribution in [0.1, 0.15) is 39.0 Å². The normalized spacial score (nSPS) is 27.2. The van der Waals surface area contributed by atoms with Crippen LogP contribution in [0.4, 0.5) is 11.6 Å². The lowest BCUT2D eigenvalue weighted by molar-refractivity contribution is 0.00223. The van der Waals surface area contributed by atoms with Crippen LogP contribution in [-0.2, 0) is 0 Å². The number of nitrogens with one attached hydrogen (secondary N) is 1. The summed E-state index contributed by atoms with van der Waals surface area (Å²) >= 11 is 6.01. The Morgan fingerprint density at radius 2 is 2.16 bits per heavy atom. The Kier molecular flexibility index (Phi) is 4.47. The molecule has 1 aliphatic carbocycles. The summed E-state index contributed by atoms with van der Waals surface area (Å²) in [5.74, 6) is 1.49. The quantitative estimate of drug-likeness (QED) is 0.791. The van der Waals surface area contributed by atoms with E-state index in [1.807, 2.05) is 0 Å². The summed E-state index contributed by atoms with van der Waals surface area (Å²) in [6.45, 7) is 2.65. The van der Waals surface area contributed by atoms with Crippen molar-refractivity contribution in [3.05, 3.63) is 11.3 Å². The Balaban J connectivity index is 1.93. The monoisotopic (exact) mass is 284 g/mol. The first kappa shape index (κ1) is 14.3. The van der Waals surface area contributed by atoms with Gasteiger partial charge in [0.15, 0.2) is 5.82 Å². The van der Waals surface area contributed by atoms with Gasteiger partial charge in [-0.2, -0.15) is 0 Å². The van der Waals surface area contributed by atoms with E-state index in [2.05, 4.69) is 22.2 Å². The number of hydrogen-bond acceptors (Lipinski definition) is 5. The topological polar surface area (TPSA) is 84.1 Å². The Hall–Kier alpha value is -1.07. The summed E-state index contributed by atoms with van der Waals surface area (Å²) in [6, 6.07) is 0. The molecule has 0 bridgehead atoms. The molecule has 0 amide bonds. The number of anilines is 2. The first-order chi connectivity index (χ1) is 9.04. The Morgan fingerprint density at radius 3 is 2.79 bits per heavy atom. The van der Waals surface area contributed by atoms with Gasteiger partial charge in [-0.3, -0.25) is 0 Å². The maximum absolute atomic E-state index is 10.5. The summed E-state index contributed by atoms with van der Waals surface area (Å²) < 4.78 is 0. The first-order valence-corrected chi connectivity index (χ1v) is 7.14. The van der Waals surface area contributed by atoms with Gasteiger partial charge in [-0.05, 0) is 31.6 Å². The number of rotatable bonds is 4. The average molecular weight is 285 g/mol. The lowest BCUT2D eigenvalue weighted by Crippen LogP contribution is -2.40. The number of halogens is 1. The zero-order chi connectivity index (χ0) is 13.9. The van der Waals surface area contributed by atoms with Gasteiger partial charge in [0.1, 0.15) is 17.2 Å². The van der Waals surface area contributed by atoms with E-state index in [9.17, 15) is 5.11 Å². The van der Waals surface area contributed by atoms with Crippen molar-refractivity contribution in [2.24, 2.45) is 5.92 Å². The van der Waals surface area contributed by atoms with Gasteiger partial charge < -0.3 is 16.2 Å². The summed E-state index contributed by atoms with van der Waals surface area (Å²) in [4.78, 5) is 7.85. The van der Waals surface area contributed by atoms with Crippen molar-refractivity contribution in [2.45, 2.75) is 44.6 Å². The highest BCUT2D eigenvalue weighted by atomic mass is 35.5. The summed E-state index contributed by atoms with van der Waals surface area (Å²) in [5.41, 5.74) is 4.94. The number of nitrogens with zero attached hydrogens (tertiary/aromatic N) is 2. The third kappa shape index (κ3) is 3.48. The highest BCUT2D eigenvalue weighted by Crippen LogP contribution is 2.34. The smallest absolute Gasteiger partial charge is 0.150 e. The predicted molar refractivity (Wildman–Crippen MR) is 77.1 cm³/mol. The molecule has 1 aromatic heterocycles. The molecule has 4 N–H and O–H groups in total. The van der Waals surface area contributed by atoms with E-state index in [4.69, 9.17) is 17.3 Å². The standard InChI is InChI=1S/C13H21ClN4O/c1-2-9-3-5-13(19,6-4-9)7-16-12-10(14)11(15)17-8-18-12/h8-9,19H,2-7H2,1H3,(H3,15,16,17,18). The molecule has 1 fully saturated rings. The molecule has 1 aliphatic rings. The minimum absolute atomic E-state index is 0.251. The van der Waals surface area contributed by atoms with Crippen molar-refractivity contribution in [2.75, 3.05) is 17.6 Å². The van der Waals surface area contributed by atoms with Crippen molar-refractivity contribution in [1.29, 1.82) is 0 Å². The van der Waals surface area contributed by atoms with Crippen molar-refractivity contribution in [3.8, 4) is 0 Å². The molecular weight excluding hydrogens is 264 g/mol. The van der Waals surface area contributed by atoms with Crippen LogP contribution in [0.5, 0.6) is 0 Å². The van der Waals surface area contributed by atoms with Gasteiger partial charge in [-0.1, -0.05) is 24.9 Å². The van der Waals surface area contributed by atoms with E-state index in [0.29, 0.717) is 17.4 Å². The fourth-order valence-electron chi connectivity index (χ4n) is 2.55. The molecule has 0 radical (unpaired) electrons. The fraction of sp³-hybridized carbons (Fsp3) is 0.692. The van der Waals surface area contributed by atoms with Crippen LogP contribution in [-0.4, -0.2) is 27.2 Å². The summed E-state index contributed by atoms with van der Waals surface area (Å²) in [7, 11) is 0. The SMILES string of the molecule is CCC1CCC(O)(CNc2ncnc(N)c2Cl)CC1. The number of nitrogens with two attached hydrogens (primary N) is 1. The number of aliphatic hydroxyl groups is 1. The summed E-state index contributed by atoms with van der Waals surface area (Å²) in [6.07, 6.45) is 6.34. The highest BCUT2D eigenvalue weighted by Gasteiger charge is 2.32. The van der Waals surface area contributed by atoms with Gasteiger partial charge in [-0.25, -0.2) is 9.97 Å². The molecule has 0 spiro atoms. The maximum Gasteiger partial charge on any atom is 0.150 e. The van der Waals surface area contributed by atoms with Crippen LogP contribution < -0.4 is 11.1 Å². The second-order valence-corrected chi connectivity index (χ2v) is 5.73. The molecule has 0 saturated heterocycles. The van der Waals surface area contributed by atoms with Gasteiger partial charge in [0.2, 0.25) is 0 Å². The minimum Gasteiger partial charge on any atom is -0.388 e. The highest BCUT2D eigenvalue weighted by molar-refractivity contribution is 6.35. The van der Waals surface area contributed by atoms with Gasteiger partial charge in [0, 0.05) is 6.54 Å². The van der Waals surface area contributed by atoms with E-state index in [-0.39, 0.29) is 5.82 Å². The van der Waals surface area contributed by atoms with Crippen LogP contribution in [0.2, 0.25) is 5.02 Å². The van der Waals surface area contributed by atoms with E-state index >= 15 is 0 Å². The minimum atomic E-state index is -0.672. The van der Waals surface area contributed by atoms with Crippen LogP contribution in [0.15, 0.2) is 6.33 Å². The van der Waals surface area contributed by atoms with Gasteiger partial charge in [0.25, 0.3) is 0 Å². The fourth-order valence-corrected chi connectivity index (χ4v) is 2.72. The third-order valence-electron chi connectivity index (χ3n) is 4.01. The molecule has 0 unspecified atom stereocenters. The van der Waals surface area contributed by atoms with Crippen molar-refractivity contribution >= 4 is 23.2 Å². The third-order valence-corrected chi connectivity index (χ3v) is 4.39. The van der Waals surface area contributed by atoms with E-state index in [1.54, 1.807) is 0 Å². The molecule has 0 atom stereocenters. The van der Waals surface area contributed by atoms with E-state index in [1.165, 1.54) is 12.7 Å². The predicted octanol–water partition coefficient (Wildman–Crippen LogP) is 2.46. The van der Waals surface area contributed by atoms with Gasteiger partial charge in [-0.15, -0.1) is 0 Å². The molecule has 1 heterocycles. The van der Waals surface area contributed by atoms with Crippen LogP contribution in [0, 0.1) is 5.92 Å². The first-order valence-electron chi connectivity index (χ1n) is 6.76. The largest absolute Gasteiger partial charge is 0.388 e. The van der Waals surface area contributed by atoms with Crippen molar-refractivity contribution in [3.63, 3.8) is 0 Å². The molecule has 5 nitrogen and oxygen atoms in total. The Bertz CT molecular complexity index is 433. The Morgan fingerprint density at radius 1 is 1.47 bits per heavy atom. The van der Waals surface area contributed by atoms with Gasteiger partial charge >= 0.3 is 0 Å². The van der Waals surface area contributed by atoms with E-state index < -0.39 is 5.60 Å². The molecule has 19 heavy (non-hydrogen) atoms. The van der Waals surface area contributed by atoms with Crippen molar-refractivity contribution in [1.82, 2.24) is 9.97 Å². The second-order valence-electron chi connectivity index (χ2n) is 5.35. The number of nitrogen functional groups attached to an aromatic ring is 1. The second kappa shape index (κ2) is 5.92. The molecule has 2 rings (SSSR count). The zero-order valence-corrected chi connectivity index (χ0v) is 12.0. The molecular formula is C13H21ClN4O. The van der Waals surface area contributed by atoms with E-state index in [0.717, 1.165) is 31.6 Å². The lowest BCUT2D eigenvalue weighted by atomic mass is 9.78. The molecule has 106 valence electrons. The van der Waals surface area contributed by atoms with Gasteiger partial charge in [0.05, 0.1) is 5.60 Å². The number of hydrogen-bond donors (Lipinski definition) is 3. The molecule has 0 aromatic carbocycles. The van der Waals surface area contributed by atoms with Crippen LogP contribution in [0.25, 0.3) is 0 Å². The summed E-state index contributed by atoms with van der Waals surface area (Å²) in [5, 5.41) is 13.9. The average Bonchev–Trinajstić information content (AvgIpc) is 2.41. The Labute approximate surface area is 118 Å². The van der Waals surface area contributed by atoms with Crippen molar-refractivity contribution < 1.29 is 5.11 Å². The number of aromatic nitrogens is 2. The molecule has 1 aromatic rings. The van der Waals surface area contributed by atoms with Crippen LogP contribution >= 0.6 is 11.6 Å².